The molecule has 98 valence electrons. The van der Waals surface area contributed by atoms with Gasteiger partial charge in [0.15, 0.2) is 0 Å². The minimum Gasteiger partial charge on any atom is -0.316 e. The molecule has 0 atom stereocenters. The number of hydrogen-bond donors (Lipinski definition) is 1. The number of halogens is 1. The van der Waals surface area contributed by atoms with Crippen molar-refractivity contribution in [3.8, 4) is 0 Å². The molecule has 0 amide bonds. The molecule has 2 rings (SSSR count). The third kappa shape index (κ3) is 4.21. The van der Waals surface area contributed by atoms with Crippen LogP contribution in [-0.4, -0.2) is 18.9 Å². The lowest BCUT2D eigenvalue weighted by atomic mass is 9.88. The van der Waals surface area contributed by atoms with Gasteiger partial charge in [-0.1, -0.05) is 34.1 Å². The van der Waals surface area contributed by atoms with Crippen LogP contribution < -0.4 is 5.32 Å². The highest BCUT2D eigenvalue weighted by atomic mass is 79.9. The van der Waals surface area contributed by atoms with Crippen molar-refractivity contribution in [1.29, 1.82) is 0 Å². The lowest BCUT2D eigenvalue weighted by molar-refractivity contribution is -0.120. The number of Topliss-reactive ketones (excluding diaryl/α,β-unsaturated/α-hetero) is 1. The molecule has 1 N–H and O–H groups in total. The normalized spacial score (nSPS) is 17.1. The van der Waals surface area contributed by atoms with Gasteiger partial charge in [-0.05, 0) is 49.9 Å². The highest BCUT2D eigenvalue weighted by Gasteiger charge is 2.17. The highest BCUT2D eigenvalue weighted by molar-refractivity contribution is 9.10. The van der Waals surface area contributed by atoms with Gasteiger partial charge in [-0.25, -0.2) is 0 Å². The van der Waals surface area contributed by atoms with Crippen LogP contribution in [0.2, 0.25) is 0 Å². The average Bonchev–Trinajstić information content (AvgIpc) is 2.39. The molecule has 0 bridgehead atoms. The Hall–Kier alpha value is -0.670. The van der Waals surface area contributed by atoms with E-state index < -0.39 is 0 Å². The van der Waals surface area contributed by atoms with Crippen LogP contribution in [0.4, 0.5) is 0 Å². The van der Waals surface area contributed by atoms with E-state index in [1.165, 1.54) is 10.0 Å². The van der Waals surface area contributed by atoms with Gasteiger partial charge in [0.1, 0.15) is 5.78 Å². The first-order chi connectivity index (χ1) is 8.75. The van der Waals surface area contributed by atoms with Gasteiger partial charge in [0, 0.05) is 17.3 Å². The maximum Gasteiger partial charge on any atom is 0.132 e. The summed E-state index contributed by atoms with van der Waals surface area (Å²) in [7, 11) is 0. The van der Waals surface area contributed by atoms with Gasteiger partial charge in [0.05, 0.1) is 0 Å². The minimum atomic E-state index is 0.444. The fraction of sp³-hybridized carbons (Fsp3) is 0.533. The molecule has 0 radical (unpaired) electrons. The second-order valence-corrected chi connectivity index (χ2v) is 5.88. The molecule has 2 nitrogen and oxygen atoms in total. The van der Waals surface area contributed by atoms with Crippen LogP contribution >= 0.6 is 15.9 Å². The second kappa shape index (κ2) is 7.05. The van der Waals surface area contributed by atoms with Gasteiger partial charge < -0.3 is 5.32 Å². The molecule has 0 saturated heterocycles. The fourth-order valence-corrected chi connectivity index (χ4v) is 2.92. The number of rotatable bonds is 5. The SMILES string of the molecule is O=C1CCC(CNCCc2ccccc2Br)CC1. The monoisotopic (exact) mass is 309 g/mol. The van der Waals surface area contributed by atoms with Gasteiger partial charge in [0.25, 0.3) is 0 Å². The number of benzene rings is 1. The van der Waals surface area contributed by atoms with Crippen molar-refractivity contribution >= 4 is 21.7 Å². The van der Waals surface area contributed by atoms with E-state index in [-0.39, 0.29) is 0 Å². The summed E-state index contributed by atoms with van der Waals surface area (Å²) in [6.07, 6.45) is 4.77. The lowest BCUT2D eigenvalue weighted by Crippen LogP contribution is -2.28. The predicted molar refractivity (Wildman–Crippen MR) is 77.7 cm³/mol. The van der Waals surface area contributed by atoms with Crippen molar-refractivity contribution in [2.24, 2.45) is 5.92 Å². The summed E-state index contributed by atoms with van der Waals surface area (Å²) in [4.78, 5) is 11.1. The molecule has 0 spiro atoms. The van der Waals surface area contributed by atoms with Crippen LogP contribution in [0.3, 0.4) is 0 Å². The van der Waals surface area contributed by atoms with E-state index in [4.69, 9.17) is 0 Å². The number of carbonyl (C=O) groups excluding carboxylic acids is 1. The topological polar surface area (TPSA) is 29.1 Å². The Labute approximate surface area is 117 Å². The summed E-state index contributed by atoms with van der Waals surface area (Å²) in [6, 6.07) is 8.36. The molecular weight excluding hydrogens is 290 g/mol. The van der Waals surface area contributed by atoms with Gasteiger partial charge >= 0.3 is 0 Å². The largest absolute Gasteiger partial charge is 0.316 e. The van der Waals surface area contributed by atoms with Crippen molar-refractivity contribution < 1.29 is 4.79 Å². The minimum absolute atomic E-state index is 0.444. The van der Waals surface area contributed by atoms with Gasteiger partial charge in [-0.3, -0.25) is 4.79 Å². The average molecular weight is 310 g/mol. The molecule has 0 unspecified atom stereocenters. The third-order valence-electron chi connectivity index (χ3n) is 3.62. The third-order valence-corrected chi connectivity index (χ3v) is 4.40. The zero-order valence-corrected chi connectivity index (χ0v) is 12.2. The molecule has 0 aliphatic heterocycles. The van der Waals surface area contributed by atoms with Crippen LogP contribution in [0.25, 0.3) is 0 Å². The molecule has 0 heterocycles. The van der Waals surface area contributed by atoms with E-state index in [0.29, 0.717) is 11.7 Å². The van der Waals surface area contributed by atoms with Crippen molar-refractivity contribution in [1.82, 2.24) is 5.32 Å². The van der Waals surface area contributed by atoms with Crippen molar-refractivity contribution in [3.05, 3.63) is 34.3 Å². The van der Waals surface area contributed by atoms with Crippen molar-refractivity contribution in [3.63, 3.8) is 0 Å². The Kier molecular flexibility index (Phi) is 5.39. The Balaban J connectivity index is 1.64. The van der Waals surface area contributed by atoms with E-state index in [2.05, 4.69) is 39.4 Å². The molecule has 1 aromatic carbocycles. The lowest BCUT2D eigenvalue weighted by Gasteiger charge is -2.21. The molecule has 3 heteroatoms. The Bertz CT molecular complexity index is 395. The number of nitrogens with one attached hydrogen (secondary N) is 1. The maximum atomic E-state index is 11.1. The standard InChI is InChI=1S/C15H20BrNO/c16-15-4-2-1-3-13(15)9-10-17-11-12-5-7-14(18)8-6-12/h1-4,12,17H,5-11H2. The van der Waals surface area contributed by atoms with E-state index in [9.17, 15) is 4.79 Å². The summed E-state index contributed by atoms with van der Waals surface area (Å²) in [5, 5.41) is 3.51. The van der Waals surface area contributed by atoms with Gasteiger partial charge in [-0.2, -0.15) is 0 Å². The van der Waals surface area contributed by atoms with E-state index in [0.717, 1.165) is 45.2 Å². The van der Waals surface area contributed by atoms with Crippen LogP contribution in [0.15, 0.2) is 28.7 Å². The second-order valence-electron chi connectivity index (χ2n) is 5.03. The molecule has 1 aliphatic carbocycles. The molecule has 0 aromatic heterocycles. The zero-order chi connectivity index (χ0) is 12.8. The molecule has 1 fully saturated rings. The highest BCUT2D eigenvalue weighted by Crippen LogP contribution is 2.20. The Morgan fingerprint density at radius 3 is 2.67 bits per heavy atom. The van der Waals surface area contributed by atoms with Crippen LogP contribution in [0.1, 0.15) is 31.2 Å². The quantitative estimate of drug-likeness (QED) is 0.845. The Morgan fingerprint density at radius 1 is 1.22 bits per heavy atom. The van der Waals surface area contributed by atoms with Crippen LogP contribution in [-0.2, 0) is 11.2 Å². The molecule has 1 aromatic rings. The van der Waals surface area contributed by atoms with Crippen molar-refractivity contribution in [2.75, 3.05) is 13.1 Å². The van der Waals surface area contributed by atoms with Crippen LogP contribution in [0.5, 0.6) is 0 Å². The van der Waals surface area contributed by atoms with E-state index in [1.807, 2.05) is 6.07 Å². The molecule has 1 saturated carbocycles. The molecule has 1 aliphatic rings. The van der Waals surface area contributed by atoms with E-state index in [1.54, 1.807) is 0 Å². The fourth-order valence-electron chi connectivity index (χ4n) is 2.43. The Morgan fingerprint density at radius 2 is 1.94 bits per heavy atom. The summed E-state index contributed by atoms with van der Waals surface area (Å²) in [6.45, 7) is 2.06. The summed E-state index contributed by atoms with van der Waals surface area (Å²) < 4.78 is 1.19. The van der Waals surface area contributed by atoms with Crippen LogP contribution in [0, 0.1) is 5.92 Å². The summed E-state index contributed by atoms with van der Waals surface area (Å²) in [5.74, 6) is 1.14. The van der Waals surface area contributed by atoms with E-state index >= 15 is 0 Å². The number of ketones is 1. The van der Waals surface area contributed by atoms with Crippen molar-refractivity contribution in [2.45, 2.75) is 32.1 Å². The predicted octanol–water partition coefficient (Wildman–Crippen LogP) is 3.34. The first kappa shape index (κ1) is 13.8. The summed E-state index contributed by atoms with van der Waals surface area (Å²) >= 11 is 3.57. The zero-order valence-electron chi connectivity index (χ0n) is 10.6. The number of carbonyl (C=O) groups is 1. The molecular formula is C15H20BrNO. The number of hydrogen-bond acceptors (Lipinski definition) is 2. The smallest absolute Gasteiger partial charge is 0.132 e. The van der Waals surface area contributed by atoms with Gasteiger partial charge in [0.2, 0.25) is 0 Å². The summed E-state index contributed by atoms with van der Waals surface area (Å²) in [5.41, 5.74) is 1.35. The maximum absolute atomic E-state index is 11.1. The van der Waals surface area contributed by atoms with Gasteiger partial charge in [-0.15, -0.1) is 0 Å². The molecule has 18 heavy (non-hydrogen) atoms. The first-order valence-corrected chi connectivity index (χ1v) is 7.51. The first-order valence-electron chi connectivity index (χ1n) is 6.71.